The second-order valence-corrected chi connectivity index (χ2v) is 14.6. The first kappa shape index (κ1) is 25.4. The first-order valence-corrected chi connectivity index (χ1v) is 15.5. The fraction of sp³-hybridized carbons (Fsp3) is 0.704. The van der Waals surface area contributed by atoms with Gasteiger partial charge < -0.3 is 0 Å². The molecule has 0 heterocycles. The van der Waals surface area contributed by atoms with Gasteiger partial charge in [-0.1, -0.05) is 26.2 Å². The molecule has 1 atom stereocenters. The monoisotopic (exact) mass is 404 g/mol. The molecule has 0 aliphatic heterocycles. The van der Waals surface area contributed by atoms with E-state index in [1.807, 2.05) is 0 Å². The molecule has 0 saturated carbocycles. The van der Waals surface area contributed by atoms with E-state index in [1.54, 1.807) is 0 Å². The molecule has 1 aromatic rings. The number of hydrogen-bond acceptors (Lipinski definition) is 0. The number of allylic oxidation sites excluding steroid dienone is 1. The molecular formula is C27H49P. The molecule has 1 heteroatoms. The Balaban J connectivity index is 2.05. The molecule has 0 aliphatic carbocycles. The molecular weight excluding hydrogens is 355 g/mol. The fourth-order valence-corrected chi connectivity index (χ4v) is 7.64. The normalized spacial score (nSPS) is 13.4. The summed E-state index contributed by atoms with van der Waals surface area (Å²) in [6, 6.07) is 11.1. The molecule has 0 radical (unpaired) electrons. The van der Waals surface area contributed by atoms with Gasteiger partial charge >= 0.3 is 152 Å². The van der Waals surface area contributed by atoms with Crippen molar-refractivity contribution in [3.63, 3.8) is 0 Å². The molecule has 28 heavy (non-hydrogen) atoms. The molecule has 0 aromatic heterocycles. The van der Waals surface area contributed by atoms with E-state index >= 15 is 0 Å². The molecule has 1 unspecified atom stereocenters. The average Bonchev–Trinajstić information content (AvgIpc) is 2.68. The van der Waals surface area contributed by atoms with E-state index in [0.29, 0.717) is 0 Å². The molecule has 0 amide bonds. The summed E-state index contributed by atoms with van der Waals surface area (Å²) in [5.41, 5.74) is 2.26. The second-order valence-electron chi connectivity index (χ2n) is 9.52. The van der Waals surface area contributed by atoms with Crippen molar-refractivity contribution in [1.82, 2.24) is 0 Å². The van der Waals surface area contributed by atoms with E-state index < -0.39 is 7.26 Å². The van der Waals surface area contributed by atoms with E-state index in [-0.39, 0.29) is 0 Å². The van der Waals surface area contributed by atoms with Crippen LogP contribution in [0, 0.1) is 0 Å². The molecule has 0 spiro atoms. The maximum absolute atomic E-state index is 4.18. The van der Waals surface area contributed by atoms with Crippen LogP contribution in [0.4, 0.5) is 0 Å². The van der Waals surface area contributed by atoms with Crippen LogP contribution in [0.1, 0.15) is 102 Å². The van der Waals surface area contributed by atoms with Gasteiger partial charge in [0.2, 0.25) is 0 Å². The maximum atomic E-state index is 4.18. The first-order valence-electron chi connectivity index (χ1n) is 12.3. The number of unbranched alkanes of at least 4 members (excludes halogenated alkanes) is 12. The summed E-state index contributed by atoms with van der Waals surface area (Å²) in [4.78, 5) is 0. The van der Waals surface area contributed by atoms with Gasteiger partial charge in [-0.05, 0) is 0 Å². The minimum atomic E-state index is -1.29. The van der Waals surface area contributed by atoms with Gasteiger partial charge in [-0.15, -0.1) is 0 Å². The predicted octanol–water partition coefficient (Wildman–Crippen LogP) is 9.23. The third-order valence-electron chi connectivity index (χ3n) is 6.41. The van der Waals surface area contributed by atoms with Gasteiger partial charge in [0.15, 0.2) is 0 Å². The average molecular weight is 405 g/mol. The van der Waals surface area contributed by atoms with Crippen LogP contribution < -0.4 is 0 Å². The van der Waals surface area contributed by atoms with Gasteiger partial charge in [-0.2, -0.15) is 0 Å². The zero-order valence-corrected chi connectivity index (χ0v) is 20.4. The van der Waals surface area contributed by atoms with Crippen molar-refractivity contribution in [1.29, 1.82) is 0 Å². The van der Waals surface area contributed by atoms with Crippen LogP contribution in [0.15, 0.2) is 43.0 Å². The van der Waals surface area contributed by atoms with Gasteiger partial charge in [-0.25, -0.2) is 0 Å². The Kier molecular flexibility index (Phi) is 14.7. The van der Waals surface area contributed by atoms with E-state index in [2.05, 4.69) is 63.2 Å². The van der Waals surface area contributed by atoms with Gasteiger partial charge in [0.1, 0.15) is 0 Å². The van der Waals surface area contributed by atoms with Gasteiger partial charge in [0.25, 0.3) is 0 Å². The first-order chi connectivity index (χ1) is 13.6. The van der Waals surface area contributed by atoms with E-state index in [1.165, 1.54) is 102 Å². The van der Waals surface area contributed by atoms with Crippen LogP contribution in [0.5, 0.6) is 0 Å². The second kappa shape index (κ2) is 16.2. The topological polar surface area (TPSA) is 0 Å². The molecule has 0 aliphatic rings. The van der Waals surface area contributed by atoms with E-state index in [9.17, 15) is 0 Å². The van der Waals surface area contributed by atoms with Crippen LogP contribution in [-0.2, 0) is 6.16 Å². The summed E-state index contributed by atoms with van der Waals surface area (Å²) in [5, 5.41) is 0. The number of rotatable bonds is 18. The quantitative estimate of drug-likeness (QED) is 0.130. The molecule has 0 nitrogen and oxygen atoms in total. The van der Waals surface area contributed by atoms with Crippen LogP contribution in [0.25, 0.3) is 0 Å². The molecule has 0 N–H and O–H groups in total. The number of hydrogen-bond donors (Lipinski definition) is 0. The Morgan fingerprint density at radius 3 is 1.68 bits per heavy atom. The minimum absolute atomic E-state index is 0.750. The van der Waals surface area contributed by atoms with E-state index in [4.69, 9.17) is 0 Å². The summed E-state index contributed by atoms with van der Waals surface area (Å²) in [6.07, 6.45) is 23.6. The standard InChI is InChI=1S/C27H49P/c1-5-7-8-9-10-11-12-13-14-15-16-17-21-24-27(6-2)28(3,4)25-26-22-19-18-20-23-26/h6,18-20,22-23,27-28H,2,5,7-17,21,24-25H2,1,3-4H3. The van der Waals surface area contributed by atoms with Gasteiger partial charge in [0.05, 0.1) is 0 Å². The fourth-order valence-electron chi connectivity index (χ4n) is 4.46. The van der Waals surface area contributed by atoms with Crippen molar-refractivity contribution in [3.8, 4) is 0 Å². The van der Waals surface area contributed by atoms with Crippen LogP contribution in [-0.4, -0.2) is 19.0 Å². The van der Waals surface area contributed by atoms with Crippen molar-refractivity contribution in [2.75, 3.05) is 13.3 Å². The van der Waals surface area contributed by atoms with Gasteiger partial charge in [-0.3, -0.25) is 0 Å². The molecule has 162 valence electrons. The third-order valence-corrected chi connectivity index (χ3v) is 10.3. The zero-order valence-electron chi connectivity index (χ0n) is 19.4. The summed E-state index contributed by atoms with van der Waals surface area (Å²) in [5.74, 6) is 0. The molecule has 1 aromatic carbocycles. The van der Waals surface area contributed by atoms with Crippen molar-refractivity contribution in [3.05, 3.63) is 48.6 Å². The summed E-state index contributed by atoms with van der Waals surface area (Å²) in [6.45, 7) is 11.6. The SMILES string of the molecule is C=CC(CCCCCCCCCCCCCCC)[PH](C)(C)Cc1ccccc1. The third kappa shape index (κ3) is 12.1. The Morgan fingerprint density at radius 2 is 1.21 bits per heavy atom. The van der Waals surface area contributed by atoms with Crippen LogP contribution >= 0.6 is 7.26 Å². The molecule has 0 bridgehead atoms. The molecule has 1 rings (SSSR count). The van der Waals surface area contributed by atoms with Crippen molar-refractivity contribution in [2.24, 2.45) is 0 Å². The Labute approximate surface area is 177 Å². The van der Waals surface area contributed by atoms with Crippen LogP contribution in [0.2, 0.25) is 0 Å². The molecule has 0 fully saturated rings. The summed E-state index contributed by atoms with van der Waals surface area (Å²) < 4.78 is 0. The summed E-state index contributed by atoms with van der Waals surface area (Å²) >= 11 is 0. The van der Waals surface area contributed by atoms with E-state index in [0.717, 1.165) is 5.66 Å². The van der Waals surface area contributed by atoms with Gasteiger partial charge in [0, 0.05) is 0 Å². The summed E-state index contributed by atoms with van der Waals surface area (Å²) in [7, 11) is -1.29. The molecule has 0 saturated heterocycles. The Morgan fingerprint density at radius 1 is 0.750 bits per heavy atom. The van der Waals surface area contributed by atoms with Crippen molar-refractivity contribution < 1.29 is 0 Å². The predicted molar refractivity (Wildman–Crippen MR) is 135 cm³/mol. The van der Waals surface area contributed by atoms with Crippen molar-refractivity contribution in [2.45, 2.75) is 109 Å². The zero-order chi connectivity index (χ0) is 20.5. The van der Waals surface area contributed by atoms with Crippen LogP contribution in [0.3, 0.4) is 0 Å². The Bertz CT molecular complexity index is 476. The Hall–Kier alpha value is -0.610. The van der Waals surface area contributed by atoms with Crippen molar-refractivity contribution >= 4 is 7.26 Å². The number of benzene rings is 1.